The highest BCUT2D eigenvalue weighted by Crippen LogP contribution is 2.28. The van der Waals surface area contributed by atoms with Gasteiger partial charge in [-0.2, -0.15) is 0 Å². The van der Waals surface area contributed by atoms with Crippen molar-refractivity contribution in [3.05, 3.63) is 23.8 Å². The lowest BCUT2D eigenvalue weighted by Crippen LogP contribution is -2.10. The fourth-order valence-electron chi connectivity index (χ4n) is 1.51. The van der Waals surface area contributed by atoms with Crippen molar-refractivity contribution in [2.24, 2.45) is 5.92 Å². The van der Waals surface area contributed by atoms with E-state index in [-0.39, 0.29) is 0 Å². The number of hydrogen-bond donors (Lipinski definition) is 1. The number of hydrogen-bond acceptors (Lipinski definition) is 3. The van der Waals surface area contributed by atoms with Crippen molar-refractivity contribution in [2.75, 3.05) is 13.7 Å². The van der Waals surface area contributed by atoms with E-state index in [0.29, 0.717) is 31.2 Å². The van der Waals surface area contributed by atoms with Gasteiger partial charge < -0.3 is 14.8 Å². The fourth-order valence-corrected chi connectivity index (χ4v) is 1.51. The van der Waals surface area contributed by atoms with Gasteiger partial charge in [-0.05, 0) is 30.0 Å². The fraction of sp³-hybridized carbons (Fsp3) is 0.500. The number of carbonyl (C=O) groups is 1. The molecule has 0 aliphatic heterocycles. The first-order valence-electron chi connectivity index (χ1n) is 6.14. The molecule has 1 aromatic rings. The highest BCUT2D eigenvalue weighted by molar-refractivity contribution is 5.48. The summed E-state index contributed by atoms with van der Waals surface area (Å²) in [4.78, 5) is 10.2. The maximum Gasteiger partial charge on any atom is 0.207 e. The predicted octanol–water partition coefficient (Wildman–Crippen LogP) is 2.37. The van der Waals surface area contributed by atoms with Gasteiger partial charge in [0.2, 0.25) is 6.41 Å². The van der Waals surface area contributed by atoms with Crippen molar-refractivity contribution in [3.8, 4) is 11.5 Å². The summed E-state index contributed by atoms with van der Waals surface area (Å²) in [5, 5.41) is 2.62. The molecule has 0 saturated carbocycles. The van der Waals surface area contributed by atoms with E-state index < -0.39 is 0 Å². The Morgan fingerprint density at radius 3 is 2.72 bits per heavy atom. The van der Waals surface area contributed by atoms with Crippen LogP contribution in [0.15, 0.2) is 18.2 Å². The van der Waals surface area contributed by atoms with Crippen LogP contribution in [-0.4, -0.2) is 20.1 Å². The number of benzene rings is 1. The number of ether oxygens (including phenoxy) is 2. The van der Waals surface area contributed by atoms with Gasteiger partial charge in [-0.25, -0.2) is 0 Å². The summed E-state index contributed by atoms with van der Waals surface area (Å²) in [5.74, 6) is 2.06. The average molecular weight is 251 g/mol. The molecule has 4 heteroatoms. The summed E-state index contributed by atoms with van der Waals surface area (Å²) in [6.07, 6.45) is 1.69. The number of nitrogens with one attached hydrogen (secondary N) is 1. The van der Waals surface area contributed by atoms with E-state index in [4.69, 9.17) is 9.47 Å². The minimum Gasteiger partial charge on any atom is -0.493 e. The van der Waals surface area contributed by atoms with E-state index in [1.165, 1.54) is 0 Å². The van der Waals surface area contributed by atoms with Crippen molar-refractivity contribution < 1.29 is 14.3 Å². The second-order valence-corrected chi connectivity index (χ2v) is 4.51. The summed E-state index contributed by atoms with van der Waals surface area (Å²) in [6, 6.07) is 5.67. The SMILES string of the molecule is COc1cc(CNC=O)ccc1OCCC(C)C. The third-order valence-electron chi connectivity index (χ3n) is 2.57. The van der Waals surface area contributed by atoms with Crippen LogP contribution in [0.4, 0.5) is 0 Å². The minimum absolute atomic E-state index is 0.492. The van der Waals surface area contributed by atoms with Gasteiger partial charge in [0.05, 0.1) is 13.7 Å². The van der Waals surface area contributed by atoms with Crippen LogP contribution < -0.4 is 14.8 Å². The molecule has 0 spiro atoms. The molecule has 0 unspecified atom stereocenters. The lowest BCUT2D eigenvalue weighted by molar-refractivity contribution is -0.109. The van der Waals surface area contributed by atoms with E-state index in [1.54, 1.807) is 7.11 Å². The first-order valence-corrected chi connectivity index (χ1v) is 6.14. The van der Waals surface area contributed by atoms with Crippen LogP contribution in [0.5, 0.6) is 11.5 Å². The van der Waals surface area contributed by atoms with Crippen molar-refractivity contribution in [1.82, 2.24) is 5.32 Å². The zero-order valence-electron chi connectivity index (χ0n) is 11.2. The van der Waals surface area contributed by atoms with Gasteiger partial charge in [0, 0.05) is 6.54 Å². The third kappa shape index (κ3) is 4.65. The van der Waals surface area contributed by atoms with E-state index in [1.807, 2.05) is 18.2 Å². The Bertz CT molecular complexity index is 377. The number of rotatable bonds is 8. The van der Waals surface area contributed by atoms with Crippen LogP contribution in [0, 0.1) is 5.92 Å². The molecule has 0 bridgehead atoms. The zero-order chi connectivity index (χ0) is 13.4. The summed E-state index contributed by atoms with van der Waals surface area (Å²) in [7, 11) is 1.61. The molecule has 0 heterocycles. The Labute approximate surface area is 108 Å². The van der Waals surface area contributed by atoms with Crippen molar-refractivity contribution in [1.29, 1.82) is 0 Å². The summed E-state index contributed by atoms with van der Waals surface area (Å²) >= 11 is 0. The Balaban J connectivity index is 2.64. The van der Waals surface area contributed by atoms with Crippen molar-refractivity contribution >= 4 is 6.41 Å². The van der Waals surface area contributed by atoms with Crippen LogP contribution >= 0.6 is 0 Å². The maximum absolute atomic E-state index is 10.2. The molecule has 0 fully saturated rings. The van der Waals surface area contributed by atoms with Gasteiger partial charge >= 0.3 is 0 Å². The Morgan fingerprint density at radius 1 is 1.33 bits per heavy atom. The normalized spacial score (nSPS) is 10.2. The van der Waals surface area contributed by atoms with Crippen molar-refractivity contribution in [3.63, 3.8) is 0 Å². The Morgan fingerprint density at radius 2 is 2.11 bits per heavy atom. The number of carbonyl (C=O) groups excluding carboxylic acids is 1. The predicted molar refractivity (Wildman–Crippen MR) is 70.8 cm³/mol. The summed E-state index contributed by atoms with van der Waals surface area (Å²) in [6.45, 7) is 5.50. The summed E-state index contributed by atoms with van der Waals surface area (Å²) in [5.41, 5.74) is 0.982. The van der Waals surface area contributed by atoms with Crippen LogP contribution in [0.25, 0.3) is 0 Å². The monoisotopic (exact) mass is 251 g/mol. The second-order valence-electron chi connectivity index (χ2n) is 4.51. The molecule has 0 radical (unpaired) electrons. The van der Waals surface area contributed by atoms with Gasteiger partial charge in [0.25, 0.3) is 0 Å². The molecule has 0 aliphatic rings. The van der Waals surface area contributed by atoms with E-state index >= 15 is 0 Å². The molecule has 1 N–H and O–H groups in total. The smallest absolute Gasteiger partial charge is 0.207 e. The van der Waals surface area contributed by atoms with Crippen LogP contribution in [0.1, 0.15) is 25.8 Å². The first kappa shape index (κ1) is 14.4. The van der Waals surface area contributed by atoms with Gasteiger partial charge in [-0.15, -0.1) is 0 Å². The second kappa shape index (κ2) is 7.58. The standard InChI is InChI=1S/C14H21NO3/c1-11(2)6-7-18-13-5-4-12(9-15-10-16)8-14(13)17-3/h4-5,8,10-11H,6-7,9H2,1-3H3,(H,15,16). The third-order valence-corrected chi connectivity index (χ3v) is 2.57. The molecule has 100 valence electrons. The van der Waals surface area contributed by atoms with Crippen molar-refractivity contribution in [2.45, 2.75) is 26.8 Å². The topological polar surface area (TPSA) is 47.6 Å². The van der Waals surface area contributed by atoms with E-state index in [2.05, 4.69) is 19.2 Å². The first-order chi connectivity index (χ1) is 8.67. The molecular formula is C14H21NO3. The Kier molecular flexibility index (Phi) is 6.05. The molecular weight excluding hydrogens is 230 g/mol. The number of amides is 1. The van der Waals surface area contributed by atoms with Gasteiger partial charge in [-0.3, -0.25) is 4.79 Å². The molecule has 1 amide bonds. The summed E-state index contributed by atoms with van der Waals surface area (Å²) < 4.78 is 11.0. The van der Waals surface area contributed by atoms with Gasteiger partial charge in [0.1, 0.15) is 0 Å². The quantitative estimate of drug-likeness (QED) is 0.721. The van der Waals surface area contributed by atoms with E-state index in [9.17, 15) is 4.79 Å². The molecule has 4 nitrogen and oxygen atoms in total. The van der Waals surface area contributed by atoms with Gasteiger partial charge in [-0.1, -0.05) is 19.9 Å². The molecule has 1 aromatic carbocycles. The zero-order valence-corrected chi connectivity index (χ0v) is 11.2. The van der Waals surface area contributed by atoms with Crippen LogP contribution in [-0.2, 0) is 11.3 Å². The van der Waals surface area contributed by atoms with Crippen LogP contribution in [0.2, 0.25) is 0 Å². The largest absolute Gasteiger partial charge is 0.493 e. The Hall–Kier alpha value is -1.71. The van der Waals surface area contributed by atoms with Crippen LogP contribution in [0.3, 0.4) is 0 Å². The highest BCUT2D eigenvalue weighted by atomic mass is 16.5. The molecule has 18 heavy (non-hydrogen) atoms. The molecule has 1 rings (SSSR count). The minimum atomic E-state index is 0.492. The lowest BCUT2D eigenvalue weighted by Gasteiger charge is -2.13. The highest BCUT2D eigenvalue weighted by Gasteiger charge is 2.06. The lowest BCUT2D eigenvalue weighted by atomic mass is 10.1. The molecule has 0 aromatic heterocycles. The molecule has 0 saturated heterocycles. The molecule has 0 atom stereocenters. The van der Waals surface area contributed by atoms with Gasteiger partial charge in [0.15, 0.2) is 11.5 Å². The maximum atomic E-state index is 10.2. The molecule has 0 aliphatic carbocycles. The average Bonchev–Trinajstić information content (AvgIpc) is 2.36. The van der Waals surface area contributed by atoms with E-state index in [0.717, 1.165) is 17.7 Å². The number of methoxy groups -OCH3 is 1.